The molecule has 0 saturated heterocycles. The summed E-state index contributed by atoms with van der Waals surface area (Å²) in [5.41, 5.74) is 20.3. The van der Waals surface area contributed by atoms with Gasteiger partial charge >= 0.3 is 0 Å². The molecular weight excluding hydrogens is 1680 g/mol. The molecule has 3 heterocycles. The van der Waals surface area contributed by atoms with Crippen molar-refractivity contribution in [3.63, 3.8) is 0 Å². The smallest absolute Gasteiger partial charge is 0.0440 e. The van der Waals surface area contributed by atoms with Crippen LogP contribution >= 0.6 is 34.0 Å². The van der Waals surface area contributed by atoms with Gasteiger partial charge < -0.3 is 0 Å². The number of fused-ring (bicyclic) bond motifs is 30. The maximum absolute atomic E-state index is 2.46. The third-order valence-corrected chi connectivity index (χ3v) is 31.9. The molecule has 26 aromatic carbocycles. The molecule has 3 aromatic heterocycles. The van der Waals surface area contributed by atoms with Crippen LogP contribution in [0.4, 0.5) is 0 Å². The minimum absolute atomic E-state index is 1.23. The molecule has 135 heavy (non-hydrogen) atoms. The van der Waals surface area contributed by atoms with E-state index in [1.54, 1.807) is 0 Å². The van der Waals surface area contributed by atoms with Gasteiger partial charge in [0.05, 0.1) is 0 Å². The molecule has 0 saturated carbocycles. The Labute approximate surface area is 791 Å². The largest absolute Gasteiger partial charge is 0.135 e. The third kappa shape index (κ3) is 12.7. The van der Waals surface area contributed by atoms with E-state index in [4.69, 9.17) is 0 Å². The van der Waals surface area contributed by atoms with Gasteiger partial charge in [-0.05, 0) is 232 Å². The van der Waals surface area contributed by atoms with E-state index in [-0.39, 0.29) is 0 Å². The van der Waals surface area contributed by atoms with Gasteiger partial charge in [-0.2, -0.15) is 0 Å². The van der Waals surface area contributed by atoms with Gasteiger partial charge in [-0.15, -0.1) is 34.0 Å². The normalized spacial score (nSPS) is 11.9. The van der Waals surface area contributed by atoms with Crippen LogP contribution in [0, 0.1) is 0 Å². The summed E-state index contributed by atoms with van der Waals surface area (Å²) in [6, 6.07) is 179. The molecule has 0 aliphatic rings. The summed E-state index contributed by atoms with van der Waals surface area (Å²) in [4.78, 5) is 0. The highest BCUT2D eigenvalue weighted by atomic mass is 32.1. The van der Waals surface area contributed by atoms with Crippen molar-refractivity contribution in [1.82, 2.24) is 0 Å². The van der Waals surface area contributed by atoms with Gasteiger partial charge in [-0.1, -0.05) is 455 Å². The van der Waals surface area contributed by atoms with E-state index in [1.807, 2.05) is 34.0 Å². The lowest BCUT2D eigenvalue weighted by Gasteiger charge is -2.19. The van der Waals surface area contributed by atoms with E-state index in [1.165, 1.54) is 279 Å². The van der Waals surface area contributed by atoms with E-state index >= 15 is 0 Å². The molecule has 0 nitrogen and oxygen atoms in total. The maximum atomic E-state index is 2.46. The summed E-state index contributed by atoms with van der Waals surface area (Å²) in [6.45, 7) is 0. The Morgan fingerprint density at radius 3 is 0.674 bits per heavy atom. The predicted molar refractivity (Wildman–Crippen MR) is 592 cm³/mol. The van der Waals surface area contributed by atoms with Gasteiger partial charge in [-0.25, -0.2) is 0 Å². The first kappa shape index (κ1) is 78.4. The highest BCUT2D eigenvalue weighted by Gasteiger charge is 2.26. The average molecular weight is 1760 g/mol. The Kier molecular flexibility index (Phi) is 18.7. The Balaban J connectivity index is 0.000000103. The lowest BCUT2D eigenvalue weighted by molar-refractivity contribution is 1.61. The fourth-order valence-corrected chi connectivity index (χ4v) is 26.3. The zero-order valence-corrected chi connectivity index (χ0v) is 75.9. The van der Waals surface area contributed by atoms with Crippen LogP contribution < -0.4 is 0 Å². The fraction of sp³-hybridized carbons (Fsp3) is 0. The number of rotatable bonds is 8. The van der Waals surface area contributed by atoms with Crippen LogP contribution in [0.5, 0.6) is 0 Å². The number of hydrogen-bond acceptors (Lipinski definition) is 3. The second-order valence-electron chi connectivity index (χ2n) is 35.6. The van der Waals surface area contributed by atoms with Gasteiger partial charge in [0, 0.05) is 76.7 Å². The molecule has 0 aliphatic heterocycles. The van der Waals surface area contributed by atoms with Crippen LogP contribution in [0.1, 0.15) is 0 Å². The van der Waals surface area contributed by atoms with Crippen molar-refractivity contribution in [1.29, 1.82) is 0 Å². The first-order valence-corrected chi connectivity index (χ1v) is 48.9. The monoisotopic (exact) mass is 1760 g/mol. The van der Waals surface area contributed by atoms with Crippen molar-refractivity contribution in [3.05, 3.63) is 485 Å². The van der Waals surface area contributed by atoms with E-state index in [2.05, 4.69) is 485 Å². The lowest BCUT2D eigenvalue weighted by atomic mass is 9.84. The van der Waals surface area contributed by atoms with Crippen molar-refractivity contribution in [2.75, 3.05) is 0 Å². The first-order chi connectivity index (χ1) is 67.0. The van der Waals surface area contributed by atoms with Crippen LogP contribution in [0.3, 0.4) is 0 Å². The highest BCUT2D eigenvalue weighted by molar-refractivity contribution is 7.28. The maximum Gasteiger partial charge on any atom is 0.0440 e. The average Bonchev–Trinajstić information content (AvgIpc) is 1.70. The SMILES string of the molecule is c1ccc(-c2c3ccccc3c(-c3ccc4sc5c6ccccc6c6ccccc6c5c4c3)c3ccccc23)cc1.c1ccc(-c2ccc(-c3c4ccccc4c(-c4ccc5sc6c7ccccc7c7ccccc7c6c5c4)c4ccccc34)cc2)cc1.c1ccc(-c2ccccc2-c2c3ccccc3c(-c3ccc4c(c3)sc3c5ccccc5c5ccccc5c43)c3ccccc23)cc1. The molecule has 29 aromatic rings. The van der Waals surface area contributed by atoms with Gasteiger partial charge in [0.1, 0.15) is 0 Å². The second kappa shape index (κ2) is 32.2. The van der Waals surface area contributed by atoms with Crippen LogP contribution in [0.2, 0.25) is 0 Å². The topological polar surface area (TPSA) is 0 Å². The Hall–Kier alpha value is -16.5. The standard InChI is InChI=1S/2C46H28S.C40H24S/c1-2-14-29(15-3-1)31-16-4-7-19-34(31)44-38-23-11-9-21-36(38)43(37-22-10-12-24-39(37)44)30-26-27-41-42(28-30)47-46-40-25-13-6-18-33(40)32-17-5-8-20-35(32)45(41)46;1-2-12-29(13-3-1)30-22-24-31(25-23-30)43-36-17-7-9-19-38(36)44(39-20-10-8-18-37(39)43)32-26-27-42-41(28-32)45-35-16-6-4-14-33(35)34-15-5-11-21-40(34)46(45)47-42;1-2-12-25(13-3-1)37-30-17-7-9-19-32(30)38(33-20-10-8-18-31(33)37)26-22-23-36-35(24-26)39-29-16-6-4-14-27(29)28-15-5-11-21-34(28)40(39)41-36/h2*1-28H;1-24H. The fourth-order valence-electron chi connectivity index (χ4n) is 22.6. The van der Waals surface area contributed by atoms with Gasteiger partial charge in [0.2, 0.25) is 0 Å². The molecule has 626 valence electrons. The van der Waals surface area contributed by atoms with Crippen LogP contribution in [-0.2, 0) is 0 Å². The van der Waals surface area contributed by atoms with Crippen molar-refractivity contribution >= 4 is 224 Å². The minimum Gasteiger partial charge on any atom is -0.135 e. The molecule has 0 bridgehead atoms. The Morgan fingerprint density at radius 2 is 0.319 bits per heavy atom. The summed E-state index contributed by atoms with van der Waals surface area (Å²) in [7, 11) is 0. The number of thiophene rings is 3. The Bertz CT molecular complexity index is 9760. The van der Waals surface area contributed by atoms with Crippen LogP contribution in [0.25, 0.3) is 279 Å². The molecule has 0 aliphatic carbocycles. The molecule has 0 fully saturated rings. The highest BCUT2D eigenvalue weighted by Crippen LogP contribution is 2.55. The molecule has 0 radical (unpaired) electrons. The van der Waals surface area contributed by atoms with E-state index in [9.17, 15) is 0 Å². The number of benzene rings is 26. The predicted octanol–water partition coefficient (Wildman–Crippen LogP) is 39.3. The zero-order chi connectivity index (χ0) is 88.7. The molecular formula is C132H80S3. The van der Waals surface area contributed by atoms with Gasteiger partial charge in [0.15, 0.2) is 0 Å². The van der Waals surface area contributed by atoms with Crippen LogP contribution in [-0.4, -0.2) is 0 Å². The quantitative estimate of drug-likeness (QED) is 0.105. The summed E-state index contributed by atoms with van der Waals surface area (Å²) in [6.07, 6.45) is 0. The number of hydrogen-bond donors (Lipinski definition) is 0. The van der Waals surface area contributed by atoms with Crippen LogP contribution in [0.15, 0.2) is 485 Å². The lowest BCUT2D eigenvalue weighted by Crippen LogP contribution is -1.92. The summed E-state index contributed by atoms with van der Waals surface area (Å²) >= 11 is 5.76. The van der Waals surface area contributed by atoms with E-state index in [0.29, 0.717) is 0 Å². The van der Waals surface area contributed by atoms with Crippen molar-refractivity contribution < 1.29 is 0 Å². The Morgan fingerprint density at radius 1 is 0.104 bits per heavy atom. The molecule has 3 heteroatoms. The van der Waals surface area contributed by atoms with E-state index < -0.39 is 0 Å². The molecule has 0 unspecified atom stereocenters. The molecule has 0 N–H and O–H groups in total. The van der Waals surface area contributed by atoms with Gasteiger partial charge in [-0.3, -0.25) is 0 Å². The molecule has 29 rings (SSSR count). The van der Waals surface area contributed by atoms with Crippen molar-refractivity contribution in [2.45, 2.75) is 0 Å². The van der Waals surface area contributed by atoms with Crippen molar-refractivity contribution in [2.24, 2.45) is 0 Å². The van der Waals surface area contributed by atoms with Gasteiger partial charge in [0.25, 0.3) is 0 Å². The minimum atomic E-state index is 1.23. The summed E-state index contributed by atoms with van der Waals surface area (Å²) in [5.74, 6) is 0. The van der Waals surface area contributed by atoms with Crippen molar-refractivity contribution in [3.8, 4) is 89.0 Å². The second-order valence-corrected chi connectivity index (χ2v) is 38.7. The molecule has 0 atom stereocenters. The molecule has 0 spiro atoms. The zero-order valence-electron chi connectivity index (χ0n) is 73.4. The molecule has 0 amide bonds. The van der Waals surface area contributed by atoms with E-state index in [0.717, 1.165) is 0 Å². The third-order valence-electron chi connectivity index (χ3n) is 28.3. The summed E-state index contributed by atoms with van der Waals surface area (Å²) in [5, 5.41) is 39.4. The summed E-state index contributed by atoms with van der Waals surface area (Å²) < 4.78 is 8.10. The first-order valence-electron chi connectivity index (χ1n) is 46.5.